The maximum absolute atomic E-state index is 12.1. The molecule has 0 unspecified atom stereocenters. The first kappa shape index (κ1) is 13.2. The second-order valence-electron chi connectivity index (χ2n) is 3.65. The van der Waals surface area contributed by atoms with Gasteiger partial charge < -0.3 is 4.42 Å². The summed E-state index contributed by atoms with van der Waals surface area (Å²) in [6, 6.07) is 1.53. The van der Waals surface area contributed by atoms with Crippen LogP contribution in [0.4, 0.5) is 5.82 Å². The normalized spacial score (nSPS) is 11.7. The summed E-state index contributed by atoms with van der Waals surface area (Å²) in [6.45, 7) is 4.24. The predicted octanol–water partition coefficient (Wildman–Crippen LogP) is 2.37. The molecule has 0 saturated carbocycles. The van der Waals surface area contributed by atoms with E-state index in [4.69, 9.17) is 4.42 Å². The fourth-order valence-corrected chi connectivity index (χ4v) is 3.46. The highest BCUT2D eigenvalue weighted by atomic mass is 79.9. The Bertz CT molecular complexity index is 660. The maximum Gasteiger partial charge on any atom is 0.297 e. The molecule has 0 saturated heterocycles. The molecule has 0 atom stereocenters. The molecule has 0 amide bonds. The minimum atomic E-state index is -3.75. The van der Waals surface area contributed by atoms with Crippen molar-refractivity contribution in [3.63, 3.8) is 0 Å². The van der Waals surface area contributed by atoms with Crippen LogP contribution >= 0.6 is 15.9 Å². The van der Waals surface area contributed by atoms with E-state index in [-0.39, 0.29) is 5.09 Å². The minimum absolute atomic E-state index is 0.147. The summed E-state index contributed by atoms with van der Waals surface area (Å²) in [4.78, 5) is 0. The number of hydrogen-bond donors (Lipinski definition) is 1. The van der Waals surface area contributed by atoms with Gasteiger partial charge in [0.2, 0.25) is 0 Å². The summed E-state index contributed by atoms with van der Waals surface area (Å²) in [5.74, 6) is 0.445. The number of nitrogens with zero attached hydrogens (tertiary/aromatic N) is 2. The van der Waals surface area contributed by atoms with Gasteiger partial charge in [-0.25, -0.2) is 4.68 Å². The minimum Gasteiger partial charge on any atom is -0.450 e. The van der Waals surface area contributed by atoms with Gasteiger partial charge in [0.05, 0.1) is 16.9 Å². The third-order valence-corrected chi connectivity index (χ3v) is 4.53. The Hall–Kier alpha value is -1.28. The molecule has 2 aromatic rings. The predicted molar refractivity (Wildman–Crippen MR) is 69.9 cm³/mol. The number of furan rings is 1. The number of hydrogen-bond acceptors (Lipinski definition) is 4. The molecule has 1 N–H and O–H groups in total. The Morgan fingerprint density at radius 2 is 2.28 bits per heavy atom. The van der Waals surface area contributed by atoms with E-state index in [1.807, 2.05) is 6.92 Å². The molecule has 8 heteroatoms. The highest BCUT2D eigenvalue weighted by molar-refractivity contribution is 9.10. The lowest BCUT2D eigenvalue weighted by Gasteiger charge is -2.09. The lowest BCUT2D eigenvalue weighted by atomic mass is 10.4. The third-order valence-electron chi connectivity index (χ3n) is 2.38. The van der Waals surface area contributed by atoms with E-state index < -0.39 is 10.0 Å². The highest BCUT2D eigenvalue weighted by Crippen LogP contribution is 2.26. The molecule has 18 heavy (non-hydrogen) atoms. The van der Waals surface area contributed by atoms with E-state index in [1.165, 1.54) is 12.3 Å². The largest absolute Gasteiger partial charge is 0.450 e. The van der Waals surface area contributed by atoms with Gasteiger partial charge in [0.25, 0.3) is 15.1 Å². The molecule has 2 heterocycles. The molecule has 6 nitrogen and oxygen atoms in total. The zero-order chi connectivity index (χ0) is 13.3. The molecule has 0 aliphatic carbocycles. The molecular weight excluding hydrogens is 322 g/mol. The van der Waals surface area contributed by atoms with Crippen LogP contribution in [-0.4, -0.2) is 18.2 Å². The van der Waals surface area contributed by atoms with Gasteiger partial charge in [0.1, 0.15) is 5.82 Å². The molecular formula is C10H12BrN3O3S. The van der Waals surface area contributed by atoms with Crippen LogP contribution in [0.1, 0.15) is 12.5 Å². The molecule has 0 fully saturated rings. The standard InChI is InChI=1S/C10H12BrN3O3S/c1-3-14-9(7(2)6-12-14)13-18(15,16)10-8(11)4-5-17-10/h4-6,13H,3H2,1-2H3. The molecule has 0 aliphatic heterocycles. The maximum atomic E-state index is 12.1. The van der Waals surface area contributed by atoms with Crippen LogP contribution in [0.3, 0.4) is 0 Å². The number of nitrogens with one attached hydrogen (secondary N) is 1. The lowest BCUT2D eigenvalue weighted by Crippen LogP contribution is -2.16. The Labute approximate surface area is 113 Å². The summed E-state index contributed by atoms with van der Waals surface area (Å²) in [5, 5.41) is 3.92. The van der Waals surface area contributed by atoms with E-state index in [1.54, 1.807) is 17.8 Å². The smallest absolute Gasteiger partial charge is 0.297 e. The fourth-order valence-electron chi connectivity index (χ4n) is 1.50. The molecule has 0 radical (unpaired) electrons. The molecule has 0 aromatic carbocycles. The van der Waals surface area contributed by atoms with E-state index in [9.17, 15) is 8.42 Å². The van der Waals surface area contributed by atoms with Crippen LogP contribution in [0.25, 0.3) is 0 Å². The zero-order valence-electron chi connectivity index (χ0n) is 9.84. The van der Waals surface area contributed by atoms with Gasteiger partial charge in [-0.05, 0) is 35.8 Å². The summed E-state index contributed by atoms with van der Waals surface area (Å²) in [7, 11) is -3.75. The summed E-state index contributed by atoms with van der Waals surface area (Å²) < 4.78 is 33.7. The average molecular weight is 334 g/mol. The number of aromatic nitrogens is 2. The molecule has 0 spiro atoms. The van der Waals surface area contributed by atoms with E-state index >= 15 is 0 Å². The first-order chi connectivity index (χ1) is 8.45. The number of aryl methyl sites for hydroxylation is 2. The van der Waals surface area contributed by atoms with Gasteiger partial charge in [-0.2, -0.15) is 13.5 Å². The van der Waals surface area contributed by atoms with Crippen molar-refractivity contribution < 1.29 is 12.8 Å². The van der Waals surface area contributed by atoms with E-state index in [0.717, 1.165) is 5.56 Å². The van der Waals surface area contributed by atoms with Gasteiger partial charge in [-0.3, -0.25) is 4.72 Å². The van der Waals surface area contributed by atoms with Crippen molar-refractivity contribution in [3.05, 3.63) is 28.6 Å². The topological polar surface area (TPSA) is 77.1 Å². The molecule has 2 rings (SSSR count). The Kier molecular flexibility index (Phi) is 3.49. The van der Waals surface area contributed by atoms with Gasteiger partial charge in [-0.15, -0.1) is 0 Å². The van der Waals surface area contributed by atoms with Gasteiger partial charge >= 0.3 is 0 Å². The average Bonchev–Trinajstić information content (AvgIpc) is 2.87. The quantitative estimate of drug-likeness (QED) is 0.931. The van der Waals surface area contributed by atoms with Crippen LogP contribution in [0, 0.1) is 6.92 Å². The van der Waals surface area contributed by atoms with E-state index in [0.29, 0.717) is 16.8 Å². The van der Waals surface area contributed by atoms with Crippen LogP contribution in [0.15, 0.2) is 32.5 Å². The summed E-state index contributed by atoms with van der Waals surface area (Å²) in [6.07, 6.45) is 2.92. The molecule has 2 aromatic heterocycles. The second-order valence-corrected chi connectivity index (χ2v) is 6.09. The summed E-state index contributed by atoms with van der Waals surface area (Å²) >= 11 is 3.12. The first-order valence-electron chi connectivity index (χ1n) is 5.24. The van der Waals surface area contributed by atoms with Crippen LogP contribution < -0.4 is 4.72 Å². The number of sulfonamides is 1. The molecule has 98 valence electrons. The third kappa shape index (κ3) is 2.30. The van der Waals surface area contributed by atoms with Crippen LogP contribution in [0.2, 0.25) is 0 Å². The van der Waals surface area contributed by atoms with E-state index in [2.05, 4.69) is 25.8 Å². The Balaban J connectivity index is 2.40. The molecule has 0 aliphatic rings. The van der Waals surface area contributed by atoms with Gasteiger partial charge in [-0.1, -0.05) is 0 Å². The fraction of sp³-hybridized carbons (Fsp3) is 0.300. The van der Waals surface area contributed by atoms with Crippen molar-refractivity contribution in [1.29, 1.82) is 0 Å². The van der Waals surface area contributed by atoms with Crippen molar-refractivity contribution in [2.75, 3.05) is 4.72 Å². The number of anilines is 1. The van der Waals surface area contributed by atoms with Gasteiger partial charge in [0.15, 0.2) is 0 Å². The zero-order valence-corrected chi connectivity index (χ0v) is 12.2. The van der Waals surface area contributed by atoms with Crippen molar-refractivity contribution in [2.45, 2.75) is 25.5 Å². The van der Waals surface area contributed by atoms with Crippen molar-refractivity contribution in [1.82, 2.24) is 9.78 Å². The monoisotopic (exact) mass is 333 g/mol. The number of halogens is 1. The van der Waals surface area contributed by atoms with Crippen molar-refractivity contribution >= 4 is 31.8 Å². The van der Waals surface area contributed by atoms with Crippen LogP contribution in [0.5, 0.6) is 0 Å². The van der Waals surface area contributed by atoms with Crippen molar-refractivity contribution in [2.24, 2.45) is 0 Å². The van der Waals surface area contributed by atoms with Gasteiger partial charge in [0, 0.05) is 12.1 Å². The first-order valence-corrected chi connectivity index (χ1v) is 7.51. The Morgan fingerprint density at radius 3 is 2.83 bits per heavy atom. The van der Waals surface area contributed by atoms with Crippen molar-refractivity contribution in [3.8, 4) is 0 Å². The highest BCUT2D eigenvalue weighted by Gasteiger charge is 2.23. The van der Waals surface area contributed by atoms with Crippen LogP contribution in [-0.2, 0) is 16.6 Å². The SMILES string of the molecule is CCn1ncc(C)c1NS(=O)(=O)c1occc1Br. The second kappa shape index (κ2) is 4.77. The lowest BCUT2D eigenvalue weighted by molar-refractivity contribution is 0.448. The number of rotatable bonds is 4. The summed E-state index contributed by atoms with van der Waals surface area (Å²) in [5.41, 5.74) is 0.753. The molecule has 0 bridgehead atoms. The Morgan fingerprint density at radius 1 is 1.56 bits per heavy atom.